The molecule has 1 nitrogen and oxygen atoms in total. The molecule has 1 unspecified atom stereocenters. The van der Waals surface area contributed by atoms with Crippen LogP contribution in [0.1, 0.15) is 24.1 Å². The van der Waals surface area contributed by atoms with E-state index in [9.17, 15) is 13.2 Å². The van der Waals surface area contributed by atoms with Gasteiger partial charge in [0.05, 0.1) is 10.5 Å². The first-order chi connectivity index (χ1) is 9.95. The highest BCUT2D eigenvalue weighted by atomic mass is 79.9. The SMILES string of the molecule is CCNC(c1ccc(Cl)cc1F)c1c(F)ccc(Br)c1F. The first-order valence-electron chi connectivity index (χ1n) is 6.27. The highest BCUT2D eigenvalue weighted by Gasteiger charge is 2.25. The van der Waals surface area contributed by atoms with Gasteiger partial charge in [0.15, 0.2) is 0 Å². The average Bonchev–Trinajstić information content (AvgIpc) is 2.43. The van der Waals surface area contributed by atoms with Crippen LogP contribution in [0.4, 0.5) is 13.2 Å². The van der Waals surface area contributed by atoms with Gasteiger partial charge in [-0.25, -0.2) is 13.2 Å². The molecule has 0 saturated heterocycles. The molecule has 0 bridgehead atoms. The molecule has 0 fully saturated rings. The Morgan fingerprint density at radius 1 is 1.14 bits per heavy atom. The molecule has 0 heterocycles. The van der Waals surface area contributed by atoms with Crippen LogP contribution in [0.2, 0.25) is 5.02 Å². The van der Waals surface area contributed by atoms with Gasteiger partial charge in [-0.3, -0.25) is 0 Å². The molecule has 2 rings (SSSR count). The van der Waals surface area contributed by atoms with Crippen molar-refractivity contribution in [3.63, 3.8) is 0 Å². The largest absolute Gasteiger partial charge is 0.306 e. The van der Waals surface area contributed by atoms with Crippen LogP contribution < -0.4 is 5.32 Å². The lowest BCUT2D eigenvalue weighted by atomic mass is 9.97. The standard InChI is InChI=1S/C15H12BrClF3N/c1-2-21-15(9-4-3-8(17)7-12(9)19)13-11(18)6-5-10(16)14(13)20/h3-7,15,21H,2H2,1H3. The number of halogens is 5. The van der Waals surface area contributed by atoms with E-state index in [4.69, 9.17) is 11.6 Å². The number of hydrogen-bond donors (Lipinski definition) is 1. The first-order valence-corrected chi connectivity index (χ1v) is 7.44. The number of nitrogens with one attached hydrogen (secondary N) is 1. The average molecular weight is 379 g/mol. The molecule has 2 aromatic rings. The Labute approximate surface area is 134 Å². The summed E-state index contributed by atoms with van der Waals surface area (Å²) < 4.78 is 42.5. The number of rotatable bonds is 4. The van der Waals surface area contributed by atoms with E-state index >= 15 is 0 Å². The second-order valence-corrected chi connectivity index (χ2v) is 5.70. The van der Waals surface area contributed by atoms with Crippen molar-refractivity contribution in [2.75, 3.05) is 6.54 Å². The molecule has 0 aliphatic heterocycles. The summed E-state index contributed by atoms with van der Waals surface area (Å²) in [6.45, 7) is 2.19. The fourth-order valence-corrected chi connectivity index (χ4v) is 2.62. The van der Waals surface area contributed by atoms with E-state index in [1.54, 1.807) is 6.92 Å². The number of hydrogen-bond acceptors (Lipinski definition) is 1. The van der Waals surface area contributed by atoms with Crippen LogP contribution in [0.5, 0.6) is 0 Å². The second-order valence-electron chi connectivity index (χ2n) is 4.41. The quantitative estimate of drug-likeness (QED) is 0.719. The predicted octanol–water partition coefficient (Wildman–Crippen LogP) is 5.22. The van der Waals surface area contributed by atoms with E-state index in [1.807, 2.05) is 0 Å². The normalized spacial score (nSPS) is 12.5. The van der Waals surface area contributed by atoms with Crippen molar-refractivity contribution in [2.45, 2.75) is 13.0 Å². The van der Waals surface area contributed by atoms with E-state index in [2.05, 4.69) is 21.2 Å². The van der Waals surface area contributed by atoms with Crippen LogP contribution in [0.25, 0.3) is 0 Å². The van der Waals surface area contributed by atoms with Gasteiger partial charge in [-0.05, 0) is 46.7 Å². The highest BCUT2D eigenvalue weighted by molar-refractivity contribution is 9.10. The smallest absolute Gasteiger partial charge is 0.145 e. The fourth-order valence-electron chi connectivity index (χ4n) is 2.11. The molecule has 6 heteroatoms. The van der Waals surface area contributed by atoms with Crippen LogP contribution in [-0.2, 0) is 0 Å². The Balaban J connectivity index is 2.61. The molecular formula is C15H12BrClF3N. The van der Waals surface area contributed by atoms with Crippen molar-refractivity contribution >= 4 is 27.5 Å². The minimum atomic E-state index is -0.940. The van der Waals surface area contributed by atoms with E-state index < -0.39 is 23.5 Å². The zero-order valence-electron chi connectivity index (χ0n) is 11.1. The predicted molar refractivity (Wildman–Crippen MR) is 81.0 cm³/mol. The fraction of sp³-hybridized carbons (Fsp3) is 0.200. The molecule has 0 aliphatic rings. The summed E-state index contributed by atoms with van der Waals surface area (Å²) in [5.74, 6) is -2.11. The molecular weight excluding hydrogens is 367 g/mol. The molecule has 0 saturated carbocycles. The van der Waals surface area contributed by atoms with Crippen molar-refractivity contribution in [2.24, 2.45) is 0 Å². The Kier molecular flexibility index (Phi) is 5.30. The molecule has 1 N–H and O–H groups in total. The Morgan fingerprint density at radius 3 is 2.48 bits per heavy atom. The van der Waals surface area contributed by atoms with Gasteiger partial charge in [0, 0.05) is 16.1 Å². The summed E-state index contributed by atoms with van der Waals surface area (Å²) in [6, 6.07) is 5.50. The van der Waals surface area contributed by atoms with Crippen molar-refractivity contribution < 1.29 is 13.2 Å². The lowest BCUT2D eigenvalue weighted by Crippen LogP contribution is -2.25. The summed E-state index contributed by atoms with van der Waals surface area (Å²) in [7, 11) is 0. The lowest BCUT2D eigenvalue weighted by Gasteiger charge is -2.21. The maximum atomic E-state index is 14.3. The van der Waals surface area contributed by atoms with Gasteiger partial charge in [-0.2, -0.15) is 0 Å². The molecule has 0 aliphatic carbocycles. The van der Waals surface area contributed by atoms with Crippen LogP contribution in [-0.4, -0.2) is 6.54 Å². The van der Waals surface area contributed by atoms with Gasteiger partial charge >= 0.3 is 0 Å². The molecule has 1 atom stereocenters. The molecule has 0 spiro atoms. The zero-order valence-corrected chi connectivity index (χ0v) is 13.4. The summed E-state index contributed by atoms with van der Waals surface area (Å²) in [5.41, 5.74) is -0.0930. The molecule has 112 valence electrons. The minimum absolute atomic E-state index is 0.121. The topological polar surface area (TPSA) is 12.0 Å². The lowest BCUT2D eigenvalue weighted by molar-refractivity contribution is 0.493. The first kappa shape index (κ1) is 16.3. The maximum Gasteiger partial charge on any atom is 0.145 e. The van der Waals surface area contributed by atoms with Gasteiger partial charge in [0.1, 0.15) is 17.5 Å². The Hall–Kier alpha value is -1.04. The molecule has 0 amide bonds. The van der Waals surface area contributed by atoms with Crippen LogP contribution >= 0.6 is 27.5 Å². The molecule has 21 heavy (non-hydrogen) atoms. The maximum absolute atomic E-state index is 14.3. The third kappa shape index (κ3) is 3.42. The Bertz CT molecular complexity index is 664. The molecule has 2 aromatic carbocycles. The number of benzene rings is 2. The van der Waals surface area contributed by atoms with Gasteiger partial charge in [0.2, 0.25) is 0 Å². The van der Waals surface area contributed by atoms with E-state index in [0.29, 0.717) is 6.54 Å². The summed E-state index contributed by atoms with van der Waals surface area (Å²) >= 11 is 8.73. The third-order valence-corrected chi connectivity index (χ3v) is 3.90. The van der Waals surface area contributed by atoms with E-state index in [-0.39, 0.29) is 20.6 Å². The third-order valence-electron chi connectivity index (χ3n) is 3.05. The van der Waals surface area contributed by atoms with Gasteiger partial charge < -0.3 is 5.32 Å². The van der Waals surface area contributed by atoms with Crippen LogP contribution in [0.15, 0.2) is 34.8 Å². The Morgan fingerprint density at radius 2 is 1.86 bits per heavy atom. The van der Waals surface area contributed by atoms with Crippen molar-refractivity contribution in [3.05, 3.63) is 68.4 Å². The van der Waals surface area contributed by atoms with Crippen molar-refractivity contribution in [1.82, 2.24) is 5.32 Å². The minimum Gasteiger partial charge on any atom is -0.306 e. The second kappa shape index (κ2) is 6.81. The highest BCUT2D eigenvalue weighted by Crippen LogP contribution is 2.32. The zero-order chi connectivity index (χ0) is 15.6. The van der Waals surface area contributed by atoms with E-state index in [0.717, 1.165) is 12.1 Å². The van der Waals surface area contributed by atoms with Gasteiger partial charge in [-0.1, -0.05) is 24.6 Å². The van der Waals surface area contributed by atoms with Crippen molar-refractivity contribution in [3.8, 4) is 0 Å². The molecule has 0 aromatic heterocycles. The van der Waals surface area contributed by atoms with Gasteiger partial charge in [0.25, 0.3) is 0 Å². The summed E-state index contributed by atoms with van der Waals surface area (Å²) in [4.78, 5) is 0. The van der Waals surface area contributed by atoms with Crippen molar-refractivity contribution in [1.29, 1.82) is 0 Å². The van der Waals surface area contributed by atoms with Gasteiger partial charge in [-0.15, -0.1) is 0 Å². The monoisotopic (exact) mass is 377 g/mol. The van der Waals surface area contributed by atoms with Crippen LogP contribution in [0, 0.1) is 17.5 Å². The van der Waals surface area contributed by atoms with E-state index in [1.165, 1.54) is 18.2 Å². The van der Waals surface area contributed by atoms with Crippen LogP contribution in [0.3, 0.4) is 0 Å². The summed E-state index contributed by atoms with van der Waals surface area (Å²) in [6.07, 6.45) is 0. The molecule has 0 radical (unpaired) electrons. The summed E-state index contributed by atoms with van der Waals surface area (Å²) in [5, 5.41) is 3.12.